The van der Waals surface area contributed by atoms with Crippen LogP contribution in [0.25, 0.3) is 0 Å². The summed E-state index contributed by atoms with van der Waals surface area (Å²) < 4.78 is 0. The summed E-state index contributed by atoms with van der Waals surface area (Å²) in [4.78, 5) is 46.2. The number of nitrogens with zero attached hydrogens (tertiary/aromatic N) is 3. The number of carbonyl (C=O) groups excluding carboxylic acids is 3. The third-order valence-corrected chi connectivity index (χ3v) is 8.28. The molecule has 0 radical (unpaired) electrons. The van der Waals surface area contributed by atoms with E-state index in [4.69, 9.17) is 0 Å². The summed E-state index contributed by atoms with van der Waals surface area (Å²) in [5.74, 6) is -0.183. The van der Waals surface area contributed by atoms with E-state index in [1.54, 1.807) is 12.1 Å². The van der Waals surface area contributed by atoms with Gasteiger partial charge in [-0.3, -0.25) is 14.4 Å². The first-order valence-corrected chi connectivity index (χ1v) is 14.8. The molecule has 0 spiro atoms. The number of piperidine rings is 1. The Morgan fingerprint density at radius 3 is 2.12 bits per heavy atom. The Labute approximate surface area is 243 Å². The van der Waals surface area contributed by atoms with Gasteiger partial charge >= 0.3 is 0 Å². The Morgan fingerprint density at radius 2 is 1.46 bits per heavy atom. The average molecular weight is 553 g/mol. The van der Waals surface area contributed by atoms with Crippen molar-refractivity contribution in [1.29, 1.82) is 0 Å². The van der Waals surface area contributed by atoms with Crippen LogP contribution in [0.3, 0.4) is 0 Å². The third kappa shape index (κ3) is 6.62. The predicted octanol–water partition coefficient (Wildman–Crippen LogP) is 5.72. The number of likely N-dealkylation sites (tertiary alicyclic amines) is 1. The third-order valence-electron chi connectivity index (χ3n) is 8.28. The molecule has 3 aromatic carbocycles. The number of nitrogens with one attached hydrogen (secondary N) is 1. The molecule has 0 saturated carbocycles. The van der Waals surface area contributed by atoms with Gasteiger partial charge in [-0.05, 0) is 68.5 Å². The summed E-state index contributed by atoms with van der Waals surface area (Å²) >= 11 is 0. The van der Waals surface area contributed by atoms with Crippen LogP contribution in [0.4, 0.5) is 11.4 Å². The van der Waals surface area contributed by atoms with E-state index in [1.165, 1.54) is 0 Å². The molecular formula is C34H40N4O3. The molecular weight excluding hydrogens is 512 g/mol. The molecule has 2 fully saturated rings. The molecule has 7 heteroatoms. The maximum Gasteiger partial charge on any atom is 0.256 e. The van der Waals surface area contributed by atoms with Gasteiger partial charge in [0.2, 0.25) is 5.91 Å². The van der Waals surface area contributed by atoms with E-state index in [0.29, 0.717) is 43.0 Å². The van der Waals surface area contributed by atoms with E-state index in [0.717, 1.165) is 55.6 Å². The highest BCUT2D eigenvalue weighted by Gasteiger charge is 2.30. The van der Waals surface area contributed by atoms with Crippen LogP contribution in [0.2, 0.25) is 0 Å². The fraction of sp³-hybridized carbons (Fsp3) is 0.382. The lowest BCUT2D eigenvalue weighted by atomic mass is 9.94. The largest absolute Gasteiger partial charge is 0.367 e. The van der Waals surface area contributed by atoms with Gasteiger partial charge in [0.25, 0.3) is 11.8 Å². The van der Waals surface area contributed by atoms with Gasteiger partial charge in [0, 0.05) is 56.2 Å². The standard InChI is InChI=1S/C34H40N4O3/c1-3-29(26-10-6-4-7-11-26)33(40)38-22-20-36(21-23-38)31-17-16-28(35-32(39)27-14-12-25(2)13-15-27)24-30(31)34(41)37-18-8-5-9-19-37/h4,6-7,10-17,24,29H,3,5,8-9,18-23H2,1-2H3,(H,35,39). The number of carbonyl (C=O) groups is 3. The number of piperazine rings is 1. The molecule has 0 bridgehead atoms. The number of hydrogen-bond donors (Lipinski definition) is 1. The van der Waals surface area contributed by atoms with Gasteiger partial charge in [0.15, 0.2) is 0 Å². The maximum absolute atomic E-state index is 13.8. The summed E-state index contributed by atoms with van der Waals surface area (Å²) in [7, 11) is 0. The molecule has 2 aliphatic rings. The summed E-state index contributed by atoms with van der Waals surface area (Å²) in [6.07, 6.45) is 3.91. The first-order chi connectivity index (χ1) is 19.9. The highest BCUT2D eigenvalue weighted by molar-refractivity contribution is 6.06. The van der Waals surface area contributed by atoms with Crippen LogP contribution in [0.1, 0.15) is 70.4 Å². The number of benzene rings is 3. The molecule has 3 amide bonds. The molecule has 7 nitrogen and oxygen atoms in total. The second-order valence-electron chi connectivity index (χ2n) is 11.1. The predicted molar refractivity (Wildman–Crippen MR) is 164 cm³/mol. The van der Waals surface area contributed by atoms with Crippen molar-refractivity contribution in [1.82, 2.24) is 9.80 Å². The SMILES string of the molecule is CCC(C(=O)N1CCN(c2ccc(NC(=O)c3ccc(C)cc3)cc2C(=O)N2CCCCC2)CC1)c1ccccc1. The van der Waals surface area contributed by atoms with Crippen LogP contribution in [0, 0.1) is 6.92 Å². The summed E-state index contributed by atoms with van der Waals surface area (Å²) in [5.41, 5.74) is 4.78. The van der Waals surface area contributed by atoms with Crippen LogP contribution < -0.4 is 10.2 Å². The Morgan fingerprint density at radius 1 is 0.780 bits per heavy atom. The van der Waals surface area contributed by atoms with Gasteiger partial charge in [-0.25, -0.2) is 0 Å². The van der Waals surface area contributed by atoms with Crippen molar-refractivity contribution in [3.8, 4) is 0 Å². The molecule has 5 rings (SSSR count). The van der Waals surface area contributed by atoms with Crippen molar-refractivity contribution in [2.75, 3.05) is 49.5 Å². The van der Waals surface area contributed by atoms with Crippen molar-refractivity contribution in [2.45, 2.75) is 45.4 Å². The highest BCUT2D eigenvalue weighted by Crippen LogP contribution is 2.29. The lowest BCUT2D eigenvalue weighted by Gasteiger charge is -2.38. The molecule has 0 aliphatic carbocycles. The summed E-state index contributed by atoms with van der Waals surface area (Å²) in [6.45, 7) is 8.04. The minimum absolute atomic E-state index is 0.000217. The second kappa shape index (κ2) is 13.0. The highest BCUT2D eigenvalue weighted by atomic mass is 16.2. The zero-order valence-electron chi connectivity index (χ0n) is 24.1. The lowest BCUT2D eigenvalue weighted by molar-refractivity contribution is -0.133. The Kier molecular flexibility index (Phi) is 9.02. The van der Waals surface area contributed by atoms with Crippen molar-refractivity contribution in [2.24, 2.45) is 0 Å². The van der Waals surface area contributed by atoms with Gasteiger partial charge in [0.1, 0.15) is 0 Å². The Balaban J connectivity index is 1.34. The zero-order chi connectivity index (χ0) is 28.8. The van der Waals surface area contributed by atoms with Gasteiger partial charge < -0.3 is 20.0 Å². The van der Waals surface area contributed by atoms with Crippen LogP contribution >= 0.6 is 0 Å². The zero-order valence-corrected chi connectivity index (χ0v) is 24.1. The van der Waals surface area contributed by atoms with Gasteiger partial charge in [-0.2, -0.15) is 0 Å². The second-order valence-corrected chi connectivity index (χ2v) is 11.1. The quantitative estimate of drug-likeness (QED) is 0.407. The first kappa shape index (κ1) is 28.4. The minimum atomic E-state index is -0.204. The van der Waals surface area contributed by atoms with Gasteiger partial charge in [-0.1, -0.05) is 55.0 Å². The maximum atomic E-state index is 13.8. The average Bonchev–Trinajstić information content (AvgIpc) is 3.02. The Hall–Kier alpha value is -4.13. The van der Waals surface area contributed by atoms with E-state index in [2.05, 4.69) is 17.1 Å². The number of aryl methyl sites for hydroxylation is 1. The molecule has 3 aromatic rings. The number of amides is 3. The Bertz CT molecular complexity index is 1360. The number of hydrogen-bond acceptors (Lipinski definition) is 4. The van der Waals surface area contributed by atoms with E-state index in [1.807, 2.05) is 77.4 Å². The topological polar surface area (TPSA) is 73.0 Å². The fourth-order valence-corrected chi connectivity index (χ4v) is 5.86. The molecule has 1 atom stereocenters. The monoisotopic (exact) mass is 552 g/mol. The molecule has 0 aromatic heterocycles. The molecule has 1 unspecified atom stereocenters. The van der Waals surface area contributed by atoms with Crippen molar-refractivity contribution in [3.05, 3.63) is 95.1 Å². The molecule has 2 heterocycles. The number of rotatable bonds is 7. The summed E-state index contributed by atoms with van der Waals surface area (Å²) in [6, 6.07) is 23.1. The normalized spacial score (nSPS) is 16.3. The fourth-order valence-electron chi connectivity index (χ4n) is 5.86. The van der Waals surface area contributed by atoms with Gasteiger partial charge in [0.05, 0.1) is 11.5 Å². The van der Waals surface area contributed by atoms with Crippen molar-refractivity contribution in [3.63, 3.8) is 0 Å². The van der Waals surface area contributed by atoms with Crippen molar-refractivity contribution < 1.29 is 14.4 Å². The van der Waals surface area contributed by atoms with Gasteiger partial charge in [-0.15, -0.1) is 0 Å². The molecule has 41 heavy (non-hydrogen) atoms. The smallest absolute Gasteiger partial charge is 0.256 e. The lowest BCUT2D eigenvalue weighted by Crippen LogP contribution is -2.50. The molecule has 2 saturated heterocycles. The van der Waals surface area contributed by atoms with Crippen LogP contribution in [-0.2, 0) is 4.79 Å². The van der Waals surface area contributed by atoms with E-state index in [9.17, 15) is 14.4 Å². The van der Waals surface area contributed by atoms with E-state index < -0.39 is 0 Å². The van der Waals surface area contributed by atoms with Crippen LogP contribution in [0.15, 0.2) is 72.8 Å². The minimum Gasteiger partial charge on any atom is -0.367 e. The van der Waals surface area contributed by atoms with E-state index >= 15 is 0 Å². The van der Waals surface area contributed by atoms with Crippen LogP contribution in [-0.4, -0.2) is 66.8 Å². The van der Waals surface area contributed by atoms with Crippen molar-refractivity contribution >= 4 is 29.1 Å². The summed E-state index contributed by atoms with van der Waals surface area (Å²) in [5, 5.41) is 2.98. The number of anilines is 2. The first-order valence-electron chi connectivity index (χ1n) is 14.8. The molecule has 214 valence electrons. The van der Waals surface area contributed by atoms with Crippen LogP contribution in [0.5, 0.6) is 0 Å². The van der Waals surface area contributed by atoms with E-state index in [-0.39, 0.29) is 23.6 Å². The molecule has 1 N–H and O–H groups in total. The molecule has 2 aliphatic heterocycles.